The van der Waals surface area contributed by atoms with Crippen LogP contribution in [0.25, 0.3) is 0 Å². The molecule has 1 aliphatic rings. The molecule has 0 aliphatic carbocycles. The molecule has 0 bridgehead atoms. The number of hydrogen-bond acceptors (Lipinski definition) is 5. The van der Waals surface area contributed by atoms with E-state index < -0.39 is 17.8 Å². The number of rotatable bonds is 7. The second-order valence-electron chi connectivity index (χ2n) is 8.66. The molecule has 1 aliphatic heterocycles. The van der Waals surface area contributed by atoms with Crippen LogP contribution in [0.5, 0.6) is 0 Å². The Morgan fingerprint density at radius 1 is 1.08 bits per heavy atom. The number of halogens is 1. The Hall–Kier alpha value is -4.40. The van der Waals surface area contributed by atoms with E-state index in [1.807, 2.05) is 13.0 Å². The second-order valence-corrected chi connectivity index (χ2v) is 8.66. The smallest absolute Gasteiger partial charge is 0.251 e. The highest BCUT2D eigenvalue weighted by molar-refractivity contribution is 6.00. The standard InChI is InChI=1S/C27H28FN5O3/c1-17-15-20(12-13-23(17)33-14-5-4-11-24(33)34)31-27(35)25(21-9-2-3-10-22(21)28)30-19-8-6-7-18(16-19)26(29)32-36/h2-3,6-10,12-13,15-16,25,30,36H,4-5,11,14H2,1H3,(H2,29,32)(H,31,35). The minimum Gasteiger partial charge on any atom is -0.409 e. The Labute approximate surface area is 208 Å². The van der Waals surface area contributed by atoms with Crippen molar-refractivity contribution in [2.45, 2.75) is 32.2 Å². The molecule has 1 saturated heterocycles. The number of nitrogens with zero attached hydrogens (tertiary/aromatic N) is 2. The average Bonchev–Trinajstić information content (AvgIpc) is 2.88. The fourth-order valence-corrected chi connectivity index (χ4v) is 4.30. The summed E-state index contributed by atoms with van der Waals surface area (Å²) in [6, 6.07) is 16.9. The quantitative estimate of drug-likeness (QED) is 0.168. The summed E-state index contributed by atoms with van der Waals surface area (Å²) in [5, 5.41) is 17.9. The molecule has 0 radical (unpaired) electrons. The number of amidine groups is 1. The number of anilines is 3. The van der Waals surface area contributed by atoms with Gasteiger partial charge in [-0.15, -0.1) is 0 Å². The number of piperidine rings is 1. The van der Waals surface area contributed by atoms with E-state index >= 15 is 0 Å². The summed E-state index contributed by atoms with van der Waals surface area (Å²) in [6.07, 6.45) is 2.39. The summed E-state index contributed by atoms with van der Waals surface area (Å²) in [5.41, 5.74) is 8.97. The summed E-state index contributed by atoms with van der Waals surface area (Å²) >= 11 is 0. The lowest BCUT2D eigenvalue weighted by Gasteiger charge is -2.28. The minimum absolute atomic E-state index is 0.0895. The van der Waals surface area contributed by atoms with Crippen LogP contribution in [0.4, 0.5) is 21.5 Å². The number of carbonyl (C=O) groups is 2. The van der Waals surface area contributed by atoms with E-state index in [2.05, 4.69) is 15.8 Å². The van der Waals surface area contributed by atoms with Gasteiger partial charge in [0, 0.05) is 41.2 Å². The molecule has 1 atom stereocenters. The van der Waals surface area contributed by atoms with Crippen LogP contribution < -0.4 is 21.3 Å². The number of amides is 2. The van der Waals surface area contributed by atoms with E-state index in [0.717, 1.165) is 24.1 Å². The molecule has 9 heteroatoms. The highest BCUT2D eigenvalue weighted by Crippen LogP contribution is 2.29. The van der Waals surface area contributed by atoms with Crippen LogP contribution in [0.2, 0.25) is 0 Å². The van der Waals surface area contributed by atoms with Crippen molar-refractivity contribution in [1.29, 1.82) is 0 Å². The summed E-state index contributed by atoms with van der Waals surface area (Å²) in [4.78, 5) is 27.5. The maximum atomic E-state index is 14.7. The summed E-state index contributed by atoms with van der Waals surface area (Å²) in [6.45, 7) is 2.56. The molecule has 5 N–H and O–H groups in total. The van der Waals surface area contributed by atoms with Crippen LogP contribution in [-0.2, 0) is 9.59 Å². The van der Waals surface area contributed by atoms with Gasteiger partial charge in [-0.1, -0.05) is 35.5 Å². The molecule has 3 aromatic carbocycles. The van der Waals surface area contributed by atoms with Crippen LogP contribution >= 0.6 is 0 Å². The first-order valence-corrected chi connectivity index (χ1v) is 11.7. The predicted octanol–water partition coefficient (Wildman–Crippen LogP) is 4.54. The van der Waals surface area contributed by atoms with Gasteiger partial charge in [-0.3, -0.25) is 9.59 Å². The van der Waals surface area contributed by atoms with Crippen LogP contribution in [-0.4, -0.2) is 29.4 Å². The molecule has 36 heavy (non-hydrogen) atoms. The van der Waals surface area contributed by atoms with Crippen LogP contribution in [0.15, 0.2) is 71.9 Å². The largest absolute Gasteiger partial charge is 0.409 e. The van der Waals surface area contributed by atoms with Crippen molar-refractivity contribution in [3.8, 4) is 0 Å². The third-order valence-electron chi connectivity index (χ3n) is 6.13. The van der Waals surface area contributed by atoms with Crippen LogP contribution in [0, 0.1) is 12.7 Å². The van der Waals surface area contributed by atoms with Gasteiger partial charge in [0.2, 0.25) is 5.91 Å². The second kappa shape index (κ2) is 10.9. The minimum atomic E-state index is -1.07. The van der Waals surface area contributed by atoms with Gasteiger partial charge in [0.25, 0.3) is 5.91 Å². The number of carbonyl (C=O) groups excluding carboxylic acids is 2. The maximum Gasteiger partial charge on any atom is 0.251 e. The molecule has 3 aromatic rings. The molecular weight excluding hydrogens is 461 g/mol. The van der Waals surface area contributed by atoms with Crippen LogP contribution in [0.1, 0.15) is 42.0 Å². The first kappa shape index (κ1) is 24.7. The van der Waals surface area contributed by atoms with E-state index in [4.69, 9.17) is 10.9 Å². The fourth-order valence-electron chi connectivity index (χ4n) is 4.30. The monoisotopic (exact) mass is 489 g/mol. The van der Waals surface area contributed by atoms with E-state index in [0.29, 0.717) is 29.9 Å². The topological polar surface area (TPSA) is 120 Å². The van der Waals surface area contributed by atoms with Gasteiger partial charge in [0.05, 0.1) is 0 Å². The number of benzene rings is 3. The summed E-state index contributed by atoms with van der Waals surface area (Å²) in [5.74, 6) is -1.00. The van der Waals surface area contributed by atoms with Crippen molar-refractivity contribution in [3.05, 3.63) is 89.2 Å². The third kappa shape index (κ3) is 5.46. The van der Waals surface area contributed by atoms with Crippen molar-refractivity contribution in [3.63, 3.8) is 0 Å². The fraction of sp³-hybridized carbons (Fsp3) is 0.222. The molecule has 8 nitrogen and oxygen atoms in total. The van der Waals surface area contributed by atoms with Crippen molar-refractivity contribution >= 4 is 34.7 Å². The molecule has 2 amide bonds. The number of aryl methyl sites for hydroxylation is 1. The maximum absolute atomic E-state index is 14.7. The molecule has 0 spiro atoms. The highest BCUT2D eigenvalue weighted by Gasteiger charge is 2.25. The molecule has 1 unspecified atom stereocenters. The molecule has 1 fully saturated rings. The lowest BCUT2D eigenvalue weighted by Crippen LogP contribution is -2.35. The van der Waals surface area contributed by atoms with Gasteiger partial charge >= 0.3 is 0 Å². The Morgan fingerprint density at radius 2 is 1.89 bits per heavy atom. The van der Waals surface area contributed by atoms with Crippen molar-refractivity contribution in [1.82, 2.24) is 0 Å². The first-order valence-electron chi connectivity index (χ1n) is 11.7. The van der Waals surface area contributed by atoms with E-state index in [1.54, 1.807) is 53.4 Å². The molecular formula is C27H28FN5O3. The van der Waals surface area contributed by atoms with Crippen molar-refractivity contribution in [2.75, 3.05) is 22.1 Å². The third-order valence-corrected chi connectivity index (χ3v) is 6.13. The lowest BCUT2D eigenvalue weighted by molar-refractivity contribution is -0.119. The van der Waals surface area contributed by atoms with Crippen molar-refractivity contribution in [2.24, 2.45) is 10.9 Å². The normalized spacial score (nSPS) is 14.9. The number of oxime groups is 1. The molecule has 4 rings (SSSR count). The predicted molar refractivity (Wildman–Crippen MR) is 138 cm³/mol. The Balaban J connectivity index is 1.60. The lowest BCUT2D eigenvalue weighted by atomic mass is 10.0. The SMILES string of the molecule is Cc1cc(NC(=O)C(Nc2cccc(/C(N)=N/O)c2)c2ccccc2F)ccc1N1CCCCC1=O. The van der Waals surface area contributed by atoms with Gasteiger partial charge in [-0.25, -0.2) is 4.39 Å². The Bertz CT molecular complexity index is 1310. The van der Waals surface area contributed by atoms with Gasteiger partial charge in [0.1, 0.15) is 11.9 Å². The Morgan fingerprint density at radius 3 is 2.61 bits per heavy atom. The van der Waals surface area contributed by atoms with Gasteiger partial charge in [0.15, 0.2) is 5.84 Å². The van der Waals surface area contributed by atoms with Gasteiger partial charge < -0.3 is 26.5 Å². The van der Waals surface area contributed by atoms with E-state index in [1.165, 1.54) is 12.1 Å². The highest BCUT2D eigenvalue weighted by atomic mass is 19.1. The van der Waals surface area contributed by atoms with E-state index in [9.17, 15) is 14.0 Å². The van der Waals surface area contributed by atoms with Crippen LogP contribution in [0.3, 0.4) is 0 Å². The number of nitrogens with two attached hydrogens (primary N) is 1. The molecule has 0 saturated carbocycles. The summed E-state index contributed by atoms with van der Waals surface area (Å²) < 4.78 is 14.7. The zero-order valence-corrected chi connectivity index (χ0v) is 19.9. The molecule has 0 aromatic heterocycles. The number of nitrogens with one attached hydrogen (secondary N) is 2. The Kier molecular flexibility index (Phi) is 7.48. The van der Waals surface area contributed by atoms with Crippen molar-refractivity contribution < 1.29 is 19.2 Å². The molecule has 1 heterocycles. The van der Waals surface area contributed by atoms with Gasteiger partial charge in [-0.2, -0.15) is 0 Å². The van der Waals surface area contributed by atoms with E-state index in [-0.39, 0.29) is 17.3 Å². The first-order chi connectivity index (χ1) is 17.4. The van der Waals surface area contributed by atoms with Gasteiger partial charge in [-0.05, 0) is 61.7 Å². The zero-order valence-electron chi connectivity index (χ0n) is 19.9. The summed E-state index contributed by atoms with van der Waals surface area (Å²) in [7, 11) is 0. The zero-order chi connectivity index (χ0) is 25.7. The number of hydrogen-bond donors (Lipinski definition) is 4. The molecule has 186 valence electrons. The average molecular weight is 490 g/mol.